The summed E-state index contributed by atoms with van der Waals surface area (Å²) in [4.78, 5) is 16.4. The molecule has 1 heterocycles. The van der Waals surface area contributed by atoms with E-state index in [1.807, 2.05) is 32.0 Å². The minimum Gasteiger partial charge on any atom is -0.399 e. The Balaban J connectivity index is 2.13. The van der Waals surface area contributed by atoms with Crippen LogP contribution in [0.5, 0.6) is 0 Å². The Bertz CT molecular complexity index is 581. The maximum Gasteiger partial charge on any atom is 0.252 e. The summed E-state index contributed by atoms with van der Waals surface area (Å²) in [6, 6.07) is 10.8. The zero-order valence-corrected chi connectivity index (χ0v) is 11.1. The molecule has 0 saturated carbocycles. The lowest BCUT2D eigenvalue weighted by molar-refractivity contribution is 0.0938. The Hall–Kier alpha value is -2.36. The van der Waals surface area contributed by atoms with Gasteiger partial charge in [0.05, 0.1) is 11.7 Å². The molecule has 4 nitrogen and oxygen atoms in total. The molecule has 1 amide bonds. The van der Waals surface area contributed by atoms with Crippen LogP contribution < -0.4 is 11.1 Å². The second kappa shape index (κ2) is 5.52. The van der Waals surface area contributed by atoms with Crippen LogP contribution in [0.2, 0.25) is 0 Å². The quantitative estimate of drug-likeness (QED) is 0.828. The van der Waals surface area contributed by atoms with E-state index in [1.165, 1.54) is 0 Å². The van der Waals surface area contributed by atoms with Crippen molar-refractivity contribution in [2.75, 3.05) is 5.73 Å². The molecule has 0 saturated heterocycles. The fourth-order valence-corrected chi connectivity index (χ4v) is 1.92. The number of pyridine rings is 1. The number of aromatic nitrogens is 1. The van der Waals surface area contributed by atoms with Gasteiger partial charge in [0.1, 0.15) is 0 Å². The highest BCUT2D eigenvalue weighted by atomic mass is 16.1. The lowest BCUT2D eigenvalue weighted by atomic mass is 10.1. The van der Waals surface area contributed by atoms with Crippen molar-refractivity contribution in [3.63, 3.8) is 0 Å². The van der Waals surface area contributed by atoms with Gasteiger partial charge in [0.15, 0.2) is 0 Å². The van der Waals surface area contributed by atoms with E-state index in [0.29, 0.717) is 11.3 Å². The Morgan fingerprint density at radius 2 is 2.11 bits per heavy atom. The fourth-order valence-electron chi connectivity index (χ4n) is 1.92. The summed E-state index contributed by atoms with van der Waals surface area (Å²) in [7, 11) is 0. The van der Waals surface area contributed by atoms with E-state index in [2.05, 4.69) is 10.3 Å². The molecule has 3 N–H and O–H groups in total. The second-order valence-electron chi connectivity index (χ2n) is 4.52. The van der Waals surface area contributed by atoms with Gasteiger partial charge >= 0.3 is 0 Å². The van der Waals surface area contributed by atoms with E-state index in [-0.39, 0.29) is 11.9 Å². The minimum atomic E-state index is -0.134. The molecule has 4 heteroatoms. The minimum absolute atomic E-state index is 0.115. The molecule has 0 aliphatic rings. The number of benzene rings is 1. The van der Waals surface area contributed by atoms with Crippen LogP contribution in [0.15, 0.2) is 42.6 Å². The predicted molar refractivity (Wildman–Crippen MR) is 75.7 cm³/mol. The monoisotopic (exact) mass is 255 g/mol. The molecule has 1 aromatic heterocycles. The number of hydrogen-bond acceptors (Lipinski definition) is 3. The van der Waals surface area contributed by atoms with Gasteiger partial charge in [-0.25, -0.2) is 0 Å². The molecular formula is C15H17N3O. The third-order valence-corrected chi connectivity index (χ3v) is 2.97. The number of carbonyl (C=O) groups excluding carboxylic acids is 1. The van der Waals surface area contributed by atoms with Gasteiger partial charge in [0, 0.05) is 17.4 Å². The summed E-state index contributed by atoms with van der Waals surface area (Å²) in [5.74, 6) is -0.115. The molecule has 0 fully saturated rings. The number of nitrogen functional groups attached to an aromatic ring is 1. The lowest BCUT2D eigenvalue weighted by Gasteiger charge is -2.14. The summed E-state index contributed by atoms with van der Waals surface area (Å²) in [5.41, 5.74) is 8.68. The van der Waals surface area contributed by atoms with Crippen molar-refractivity contribution < 1.29 is 4.79 Å². The van der Waals surface area contributed by atoms with E-state index in [1.54, 1.807) is 24.4 Å². The Morgan fingerprint density at radius 1 is 1.32 bits per heavy atom. The first-order valence-electron chi connectivity index (χ1n) is 6.16. The van der Waals surface area contributed by atoms with Crippen LogP contribution in [0, 0.1) is 6.92 Å². The SMILES string of the molecule is Cc1cc(N)ccc1C(=O)NC(C)c1ccccn1. The van der Waals surface area contributed by atoms with Crippen molar-refractivity contribution in [2.45, 2.75) is 19.9 Å². The second-order valence-corrected chi connectivity index (χ2v) is 4.52. The third-order valence-electron chi connectivity index (χ3n) is 2.97. The number of hydrogen-bond donors (Lipinski definition) is 2. The van der Waals surface area contributed by atoms with Crippen LogP contribution in [-0.2, 0) is 0 Å². The van der Waals surface area contributed by atoms with E-state index in [0.717, 1.165) is 11.3 Å². The van der Waals surface area contributed by atoms with Crippen LogP contribution in [0.4, 0.5) is 5.69 Å². The number of carbonyl (C=O) groups is 1. The zero-order valence-electron chi connectivity index (χ0n) is 11.1. The van der Waals surface area contributed by atoms with E-state index < -0.39 is 0 Å². The number of rotatable bonds is 3. The number of anilines is 1. The zero-order chi connectivity index (χ0) is 13.8. The van der Waals surface area contributed by atoms with Crippen molar-refractivity contribution in [1.29, 1.82) is 0 Å². The number of nitrogens with two attached hydrogens (primary N) is 1. The van der Waals surface area contributed by atoms with Crippen molar-refractivity contribution >= 4 is 11.6 Å². The highest BCUT2D eigenvalue weighted by Gasteiger charge is 2.13. The van der Waals surface area contributed by atoms with Crippen molar-refractivity contribution in [2.24, 2.45) is 0 Å². The molecule has 0 radical (unpaired) electrons. The smallest absolute Gasteiger partial charge is 0.252 e. The van der Waals surface area contributed by atoms with Crippen LogP contribution in [0.25, 0.3) is 0 Å². The summed E-state index contributed by atoms with van der Waals surface area (Å²) in [6.45, 7) is 3.78. The van der Waals surface area contributed by atoms with Crippen molar-refractivity contribution in [1.82, 2.24) is 10.3 Å². The number of aryl methyl sites for hydroxylation is 1. The van der Waals surface area contributed by atoms with Crippen molar-refractivity contribution in [3.8, 4) is 0 Å². The molecule has 2 aromatic rings. The van der Waals surface area contributed by atoms with Crippen LogP contribution >= 0.6 is 0 Å². The topological polar surface area (TPSA) is 68.0 Å². The van der Waals surface area contributed by atoms with E-state index in [4.69, 9.17) is 5.73 Å². The molecule has 19 heavy (non-hydrogen) atoms. The number of nitrogens with one attached hydrogen (secondary N) is 1. The van der Waals surface area contributed by atoms with E-state index >= 15 is 0 Å². The Labute approximate surface area is 112 Å². The summed E-state index contributed by atoms with van der Waals surface area (Å²) >= 11 is 0. The van der Waals surface area contributed by atoms with E-state index in [9.17, 15) is 4.79 Å². The first kappa shape index (κ1) is 13.1. The largest absolute Gasteiger partial charge is 0.399 e. The standard InChI is InChI=1S/C15H17N3O/c1-10-9-12(16)6-7-13(10)15(19)18-11(2)14-5-3-4-8-17-14/h3-9,11H,16H2,1-2H3,(H,18,19). The number of nitrogens with zero attached hydrogens (tertiary/aromatic N) is 1. The van der Waals surface area contributed by atoms with Crippen LogP contribution in [-0.4, -0.2) is 10.9 Å². The average molecular weight is 255 g/mol. The Morgan fingerprint density at radius 3 is 2.74 bits per heavy atom. The molecule has 98 valence electrons. The molecule has 0 bridgehead atoms. The van der Waals surface area contributed by atoms with Gasteiger partial charge < -0.3 is 11.1 Å². The highest BCUT2D eigenvalue weighted by molar-refractivity contribution is 5.96. The van der Waals surface area contributed by atoms with Crippen LogP contribution in [0.3, 0.4) is 0 Å². The first-order chi connectivity index (χ1) is 9.08. The van der Waals surface area contributed by atoms with Gasteiger partial charge in [-0.2, -0.15) is 0 Å². The van der Waals surface area contributed by atoms with Gasteiger partial charge in [-0.15, -0.1) is 0 Å². The normalized spacial score (nSPS) is 11.9. The van der Waals surface area contributed by atoms with Gasteiger partial charge in [-0.3, -0.25) is 9.78 Å². The average Bonchev–Trinajstić information content (AvgIpc) is 2.39. The lowest BCUT2D eigenvalue weighted by Crippen LogP contribution is -2.27. The summed E-state index contributed by atoms with van der Waals surface area (Å²) in [5, 5.41) is 2.93. The molecule has 2 rings (SSSR count). The van der Waals surface area contributed by atoms with Gasteiger partial charge in [0.2, 0.25) is 0 Å². The molecule has 1 unspecified atom stereocenters. The maximum atomic E-state index is 12.2. The summed E-state index contributed by atoms with van der Waals surface area (Å²) < 4.78 is 0. The third kappa shape index (κ3) is 3.10. The fraction of sp³-hybridized carbons (Fsp3) is 0.200. The van der Waals surface area contributed by atoms with Gasteiger partial charge in [-0.1, -0.05) is 6.07 Å². The molecular weight excluding hydrogens is 238 g/mol. The Kier molecular flexibility index (Phi) is 3.80. The maximum absolute atomic E-state index is 12.2. The number of amides is 1. The van der Waals surface area contributed by atoms with Crippen LogP contribution in [0.1, 0.15) is 34.6 Å². The predicted octanol–water partition coefficient (Wildman–Crippen LogP) is 2.46. The molecule has 0 aliphatic carbocycles. The molecule has 0 spiro atoms. The summed E-state index contributed by atoms with van der Waals surface area (Å²) in [6.07, 6.45) is 1.71. The first-order valence-corrected chi connectivity index (χ1v) is 6.16. The molecule has 1 aromatic carbocycles. The molecule has 0 aliphatic heterocycles. The van der Waals surface area contributed by atoms with Gasteiger partial charge in [-0.05, 0) is 49.7 Å². The molecule has 1 atom stereocenters. The van der Waals surface area contributed by atoms with Gasteiger partial charge in [0.25, 0.3) is 5.91 Å². The van der Waals surface area contributed by atoms with Crippen molar-refractivity contribution in [3.05, 3.63) is 59.4 Å². The highest BCUT2D eigenvalue weighted by Crippen LogP contribution is 2.14.